The van der Waals surface area contributed by atoms with Gasteiger partial charge in [0.05, 0.1) is 5.70 Å². The second kappa shape index (κ2) is 4.89. The van der Waals surface area contributed by atoms with E-state index in [1.54, 1.807) is 6.33 Å². The molecule has 0 saturated carbocycles. The molecule has 1 saturated heterocycles. The molecule has 1 N–H and O–H groups in total. The molecule has 8 heteroatoms. The highest BCUT2D eigenvalue weighted by Gasteiger charge is 2.37. The van der Waals surface area contributed by atoms with Crippen molar-refractivity contribution >= 4 is 27.5 Å². The summed E-state index contributed by atoms with van der Waals surface area (Å²) in [4.78, 5) is 9.72. The second-order valence-corrected chi connectivity index (χ2v) is 7.09. The van der Waals surface area contributed by atoms with Crippen LogP contribution in [0.4, 0.5) is 0 Å². The highest BCUT2D eigenvalue weighted by atomic mass is 79.9. The number of rotatable bonds is 1. The minimum Gasteiger partial charge on any atom is -0.350 e. The predicted octanol–water partition coefficient (Wildman–Crippen LogP) is -0.182. The number of nitrogens with one attached hydrogen (secondary N) is 1. The van der Waals surface area contributed by atoms with E-state index < -0.39 is 0 Å². The number of amidine groups is 1. The van der Waals surface area contributed by atoms with Gasteiger partial charge in [-0.1, -0.05) is 15.9 Å². The van der Waals surface area contributed by atoms with E-state index in [-0.39, 0.29) is 6.17 Å². The minimum absolute atomic E-state index is 0.00398. The van der Waals surface area contributed by atoms with E-state index >= 15 is 0 Å². The average molecular weight is 352 g/mol. The number of aliphatic imine (C=N–C) groups is 1. The number of fused-ring (bicyclic) bond motifs is 3. The van der Waals surface area contributed by atoms with E-state index in [4.69, 9.17) is 4.99 Å². The molecule has 7 nitrogen and oxygen atoms in total. The van der Waals surface area contributed by atoms with Crippen molar-refractivity contribution in [2.75, 3.05) is 33.7 Å². The highest BCUT2D eigenvalue weighted by molar-refractivity contribution is 9.09. The molecular formula is C13H18BrN7. The summed E-state index contributed by atoms with van der Waals surface area (Å²) in [5.74, 6) is 1.80. The number of likely N-dealkylation sites (tertiary alicyclic amines) is 1. The number of aromatic nitrogens is 3. The summed E-state index contributed by atoms with van der Waals surface area (Å²) in [6, 6.07) is 0.590. The lowest BCUT2D eigenvalue weighted by atomic mass is 10.1. The maximum Gasteiger partial charge on any atom is 0.203 e. The van der Waals surface area contributed by atoms with E-state index in [0.717, 1.165) is 37.0 Å². The molecule has 2 atom stereocenters. The van der Waals surface area contributed by atoms with Crippen LogP contribution in [-0.2, 0) is 0 Å². The first-order valence-electron chi connectivity index (χ1n) is 7.12. The lowest BCUT2D eigenvalue weighted by Crippen LogP contribution is -2.60. The molecule has 0 amide bonds. The molecule has 4 heterocycles. The maximum atomic E-state index is 4.87. The van der Waals surface area contributed by atoms with Crippen LogP contribution >= 0.6 is 15.9 Å². The molecule has 4 rings (SSSR count). The van der Waals surface area contributed by atoms with Crippen LogP contribution in [0.25, 0.3) is 5.70 Å². The summed E-state index contributed by atoms with van der Waals surface area (Å²) in [5, 5.41) is 11.8. The Morgan fingerprint density at radius 3 is 2.95 bits per heavy atom. The monoisotopic (exact) mass is 351 g/mol. The zero-order valence-corrected chi connectivity index (χ0v) is 13.7. The first-order chi connectivity index (χ1) is 10.1. The van der Waals surface area contributed by atoms with Gasteiger partial charge < -0.3 is 9.80 Å². The van der Waals surface area contributed by atoms with E-state index in [1.165, 1.54) is 0 Å². The molecule has 1 aromatic heterocycles. The van der Waals surface area contributed by atoms with E-state index in [9.17, 15) is 0 Å². The zero-order valence-electron chi connectivity index (χ0n) is 12.1. The molecule has 21 heavy (non-hydrogen) atoms. The summed E-state index contributed by atoms with van der Waals surface area (Å²) in [6.07, 6.45) is 3.96. The molecule has 112 valence electrons. The highest BCUT2D eigenvalue weighted by Crippen LogP contribution is 2.27. The quantitative estimate of drug-likeness (QED) is 0.711. The van der Waals surface area contributed by atoms with Crippen LogP contribution in [0, 0.1) is 0 Å². The van der Waals surface area contributed by atoms with Crippen LogP contribution in [0.1, 0.15) is 5.82 Å². The topological polar surface area (TPSA) is 61.6 Å². The van der Waals surface area contributed by atoms with E-state index in [1.807, 2.05) is 0 Å². The molecule has 0 radical (unpaired) electrons. The largest absolute Gasteiger partial charge is 0.350 e. The van der Waals surface area contributed by atoms with Gasteiger partial charge in [0.25, 0.3) is 0 Å². The number of hydrogen-bond acceptors (Lipinski definition) is 6. The Balaban J connectivity index is 1.66. The molecule has 2 unspecified atom stereocenters. The third kappa shape index (κ3) is 2.13. The van der Waals surface area contributed by atoms with Crippen LogP contribution in [0.15, 0.2) is 17.4 Å². The SMILES string of the molecule is CN(C)C1CN(C2=NC3NCC(Br)C=C3n3cnnc32)C1. The van der Waals surface area contributed by atoms with Crippen molar-refractivity contribution in [1.29, 1.82) is 0 Å². The van der Waals surface area contributed by atoms with E-state index in [2.05, 4.69) is 66.0 Å². The fourth-order valence-corrected chi connectivity index (χ4v) is 3.38. The summed E-state index contributed by atoms with van der Waals surface area (Å²) < 4.78 is 2.05. The lowest BCUT2D eigenvalue weighted by molar-refractivity contribution is 0.123. The van der Waals surface area contributed by atoms with Crippen LogP contribution < -0.4 is 5.32 Å². The van der Waals surface area contributed by atoms with Gasteiger partial charge in [-0.15, -0.1) is 10.2 Å². The van der Waals surface area contributed by atoms with Crippen molar-refractivity contribution in [3.8, 4) is 0 Å². The molecular weight excluding hydrogens is 334 g/mol. The lowest BCUT2D eigenvalue weighted by Gasteiger charge is -2.45. The Morgan fingerprint density at radius 1 is 1.38 bits per heavy atom. The molecule has 1 fully saturated rings. The Kier molecular flexibility index (Phi) is 3.13. The molecule has 0 bridgehead atoms. The molecule has 0 aliphatic carbocycles. The number of hydrogen-bond donors (Lipinski definition) is 1. The molecule has 0 aromatic carbocycles. The van der Waals surface area contributed by atoms with Gasteiger partial charge in [-0.2, -0.15) is 0 Å². The summed E-state index contributed by atoms with van der Waals surface area (Å²) in [6.45, 7) is 2.86. The number of halogens is 1. The van der Waals surface area contributed by atoms with Crippen molar-refractivity contribution in [2.45, 2.75) is 17.0 Å². The van der Waals surface area contributed by atoms with Crippen LogP contribution in [0.5, 0.6) is 0 Å². The van der Waals surface area contributed by atoms with Crippen molar-refractivity contribution in [3.05, 3.63) is 18.2 Å². The predicted molar refractivity (Wildman–Crippen MR) is 84.4 cm³/mol. The van der Waals surface area contributed by atoms with Crippen molar-refractivity contribution in [1.82, 2.24) is 29.9 Å². The third-order valence-electron chi connectivity index (χ3n) is 4.31. The zero-order chi connectivity index (χ0) is 14.6. The van der Waals surface area contributed by atoms with Gasteiger partial charge in [0.15, 0.2) is 5.84 Å². The standard InChI is InChI=1S/C13H18BrN7/c1-19(2)9-5-20(6-9)12-13-18-16-7-21(13)10-3-8(14)4-15-11(10)17-12/h3,7-9,11,15H,4-6H2,1-2H3. The molecule has 0 spiro atoms. The van der Waals surface area contributed by atoms with Gasteiger partial charge in [-0.3, -0.25) is 9.88 Å². The Hall–Kier alpha value is -1.25. The summed E-state index contributed by atoms with van der Waals surface area (Å²) >= 11 is 3.63. The van der Waals surface area contributed by atoms with Gasteiger partial charge >= 0.3 is 0 Å². The second-order valence-electron chi connectivity index (χ2n) is 5.92. The minimum atomic E-state index is -0.00398. The molecule has 1 aromatic rings. The van der Waals surface area contributed by atoms with E-state index in [0.29, 0.717) is 10.9 Å². The normalized spacial score (nSPS) is 28.7. The molecule has 3 aliphatic rings. The van der Waals surface area contributed by atoms with Gasteiger partial charge in [0.2, 0.25) is 5.82 Å². The Bertz CT molecular complexity index is 614. The maximum absolute atomic E-state index is 4.87. The average Bonchev–Trinajstić information content (AvgIpc) is 2.86. The number of likely N-dealkylation sites (N-methyl/N-ethyl adjacent to an activating group) is 1. The fraction of sp³-hybridized carbons (Fsp3) is 0.615. The van der Waals surface area contributed by atoms with Crippen LogP contribution in [0.2, 0.25) is 0 Å². The smallest absolute Gasteiger partial charge is 0.203 e. The van der Waals surface area contributed by atoms with Gasteiger partial charge in [-0.25, -0.2) is 4.99 Å². The summed E-state index contributed by atoms with van der Waals surface area (Å²) in [5.41, 5.74) is 1.11. The van der Waals surface area contributed by atoms with Gasteiger partial charge in [0.1, 0.15) is 12.5 Å². The number of alkyl halides is 1. The Labute approximate surface area is 131 Å². The van der Waals surface area contributed by atoms with Crippen LogP contribution in [-0.4, -0.2) is 81.2 Å². The summed E-state index contributed by atoms with van der Waals surface area (Å²) in [7, 11) is 4.24. The molecule has 3 aliphatic heterocycles. The van der Waals surface area contributed by atoms with Crippen LogP contribution in [0.3, 0.4) is 0 Å². The van der Waals surface area contributed by atoms with Crippen molar-refractivity contribution < 1.29 is 0 Å². The van der Waals surface area contributed by atoms with Crippen molar-refractivity contribution in [2.24, 2.45) is 4.99 Å². The Morgan fingerprint density at radius 2 is 2.19 bits per heavy atom. The third-order valence-corrected chi connectivity index (χ3v) is 4.90. The first kappa shape index (κ1) is 13.4. The van der Waals surface area contributed by atoms with Gasteiger partial charge in [-0.05, 0) is 20.2 Å². The fourth-order valence-electron chi connectivity index (χ4n) is 2.92. The first-order valence-corrected chi connectivity index (χ1v) is 8.04. The number of nitrogens with zero attached hydrogens (tertiary/aromatic N) is 6. The van der Waals surface area contributed by atoms with Crippen molar-refractivity contribution in [3.63, 3.8) is 0 Å². The van der Waals surface area contributed by atoms with Gasteiger partial charge in [0, 0.05) is 30.5 Å².